The van der Waals surface area contributed by atoms with E-state index in [9.17, 15) is 14.7 Å². The lowest BCUT2D eigenvalue weighted by molar-refractivity contribution is -0.159. The normalized spacial score (nSPS) is 12.7. The number of unbranched alkanes of at least 4 members (excludes halogenated alkanes) is 16. The van der Waals surface area contributed by atoms with Crippen LogP contribution >= 0.6 is 0 Å². The summed E-state index contributed by atoms with van der Waals surface area (Å²) in [5.74, 6) is -0.379. The largest absolute Gasteiger partial charge is 0.466 e. The Morgan fingerprint density at radius 2 is 0.761 bits per heavy atom. The van der Waals surface area contributed by atoms with Crippen molar-refractivity contribution >= 4 is 11.9 Å². The number of hydrogen-bond acceptors (Lipinski definition) is 12. The van der Waals surface area contributed by atoms with E-state index in [-0.39, 0.29) is 37.7 Å². The number of aliphatic hydroxyl groups excluding tert-OH is 2. The summed E-state index contributed by atoms with van der Waals surface area (Å²) in [6.45, 7) is 15.0. The van der Waals surface area contributed by atoms with Gasteiger partial charge in [0.2, 0.25) is 0 Å². The smallest absolute Gasteiger partial charge is 0.305 e. The van der Waals surface area contributed by atoms with Crippen molar-refractivity contribution < 1.29 is 53.0 Å². The summed E-state index contributed by atoms with van der Waals surface area (Å²) >= 11 is 0. The van der Waals surface area contributed by atoms with Crippen LogP contribution in [0.25, 0.3) is 0 Å². The predicted octanol–water partition coefficient (Wildman–Crippen LogP) is 13.5. The fourth-order valence-electron chi connectivity index (χ4n) is 7.61. The lowest BCUT2D eigenvalue weighted by atomic mass is 10.1. The topological polar surface area (TPSA) is 142 Å². The molecule has 0 aliphatic rings. The second-order valence-corrected chi connectivity index (χ2v) is 18.7. The Morgan fingerprint density at radius 3 is 1.11 bits per heavy atom. The Hall–Kier alpha value is -2.42. The van der Waals surface area contributed by atoms with Crippen LogP contribution in [-0.4, -0.2) is 125 Å². The van der Waals surface area contributed by atoms with Gasteiger partial charge in [-0.15, -0.1) is 0 Å². The Balaban J connectivity index is 4.49. The van der Waals surface area contributed by atoms with Gasteiger partial charge in [-0.3, -0.25) is 9.59 Å². The molecular weight excluding hydrogens is 899 g/mol. The summed E-state index contributed by atoms with van der Waals surface area (Å²) in [5, 5.41) is 18.8. The van der Waals surface area contributed by atoms with E-state index < -0.39 is 6.10 Å². The van der Waals surface area contributed by atoms with Crippen LogP contribution in [-0.2, 0) is 42.7 Å². The van der Waals surface area contributed by atoms with Crippen molar-refractivity contribution in [3.8, 4) is 0 Å². The van der Waals surface area contributed by atoms with Gasteiger partial charge in [0.1, 0.15) is 6.10 Å². The van der Waals surface area contributed by atoms with Crippen molar-refractivity contribution in [1.29, 1.82) is 0 Å². The molecule has 0 spiro atoms. The van der Waals surface area contributed by atoms with Gasteiger partial charge < -0.3 is 48.3 Å². The average Bonchev–Trinajstić information content (AvgIpc) is 3.37. The lowest BCUT2D eigenvalue weighted by Crippen LogP contribution is -2.31. The first-order valence-electron chi connectivity index (χ1n) is 28.9. The molecule has 12 nitrogen and oxygen atoms in total. The third-order valence-electron chi connectivity index (χ3n) is 11.9. The fourth-order valence-corrected chi connectivity index (χ4v) is 7.61. The van der Waals surface area contributed by atoms with E-state index in [1.807, 2.05) is 0 Å². The van der Waals surface area contributed by atoms with Gasteiger partial charge in [0.05, 0.1) is 45.9 Å². The molecule has 0 rings (SSSR count). The molecule has 0 aliphatic heterocycles. The molecule has 0 bridgehead atoms. The van der Waals surface area contributed by atoms with Crippen molar-refractivity contribution in [3.05, 3.63) is 48.6 Å². The molecule has 12 heteroatoms. The number of ether oxygens (including phenoxy) is 7. The van der Waals surface area contributed by atoms with E-state index in [0.29, 0.717) is 71.9 Å². The van der Waals surface area contributed by atoms with E-state index >= 15 is 0 Å². The van der Waals surface area contributed by atoms with Crippen molar-refractivity contribution in [2.24, 2.45) is 0 Å². The second-order valence-electron chi connectivity index (χ2n) is 18.7. The van der Waals surface area contributed by atoms with Gasteiger partial charge in [0, 0.05) is 45.8 Å². The molecule has 0 heterocycles. The van der Waals surface area contributed by atoms with Crippen LogP contribution in [0.1, 0.15) is 220 Å². The second kappa shape index (κ2) is 56.9. The summed E-state index contributed by atoms with van der Waals surface area (Å²) in [7, 11) is 0. The van der Waals surface area contributed by atoms with E-state index in [2.05, 4.69) is 81.2 Å². The van der Waals surface area contributed by atoms with E-state index in [1.54, 1.807) is 0 Å². The molecule has 0 saturated carbocycles. The molecule has 0 aromatic carbocycles. The van der Waals surface area contributed by atoms with Crippen LogP contribution < -0.4 is 0 Å². The molecule has 0 aromatic heterocycles. The minimum Gasteiger partial charge on any atom is -0.466 e. The van der Waals surface area contributed by atoms with Crippen LogP contribution in [0, 0.1) is 0 Å². The van der Waals surface area contributed by atoms with Gasteiger partial charge in [-0.2, -0.15) is 0 Å². The first-order valence-corrected chi connectivity index (χ1v) is 28.9. The number of carbonyl (C=O) groups excluding carboxylic acids is 2. The van der Waals surface area contributed by atoms with Gasteiger partial charge in [-0.25, -0.2) is 0 Å². The molecule has 1 unspecified atom stereocenters. The summed E-state index contributed by atoms with van der Waals surface area (Å²) in [4.78, 5) is 27.6. The summed E-state index contributed by atoms with van der Waals surface area (Å²) < 4.78 is 41.1. The fraction of sp³-hybridized carbons (Fsp3) is 0.831. The van der Waals surface area contributed by atoms with Crippen molar-refractivity contribution in [3.63, 3.8) is 0 Å². The summed E-state index contributed by atoms with van der Waals surface area (Å²) in [6.07, 6.45) is 44.6. The Labute approximate surface area is 435 Å². The van der Waals surface area contributed by atoms with Crippen LogP contribution in [0.2, 0.25) is 0 Å². The molecule has 2 N–H and O–H groups in total. The highest BCUT2D eigenvalue weighted by Crippen LogP contribution is 2.14. The van der Waals surface area contributed by atoms with Crippen molar-refractivity contribution in [2.45, 2.75) is 239 Å². The first kappa shape index (κ1) is 68.6. The van der Waals surface area contributed by atoms with Crippen molar-refractivity contribution in [2.75, 3.05) is 79.1 Å². The van der Waals surface area contributed by atoms with E-state index in [1.165, 1.54) is 0 Å². The third kappa shape index (κ3) is 52.3. The van der Waals surface area contributed by atoms with Gasteiger partial charge in [0.25, 0.3) is 0 Å². The number of rotatable bonds is 56. The molecule has 0 saturated heterocycles. The zero-order valence-electron chi connectivity index (χ0n) is 46.1. The maximum atomic E-state index is 12.6. The van der Waals surface area contributed by atoms with Crippen LogP contribution in [0.5, 0.6) is 0 Å². The molecule has 416 valence electrons. The van der Waals surface area contributed by atoms with Gasteiger partial charge in [-0.05, 0) is 142 Å². The highest BCUT2D eigenvalue weighted by Gasteiger charge is 2.15. The van der Waals surface area contributed by atoms with Gasteiger partial charge >= 0.3 is 11.9 Å². The van der Waals surface area contributed by atoms with Crippen LogP contribution in [0.15, 0.2) is 48.6 Å². The molecule has 0 aromatic rings. The number of aliphatic hydroxyl groups is 2. The SMILES string of the molecule is CC/C=C\CCCCOC(CCC(=O)OCCCCCCCN(CCCCCCCOC(=O)CCC(OCCCC/C=C\CC)OCCCC/C=C\CC)CCOCC(O)CO)OCCCC/C=C\CC. The Bertz CT molecular complexity index is 1110. The standard InChI is InChI=1S/C59H109NO11/c1-5-9-13-17-25-35-48-68-58(69-49-36-26-18-14-10-6-2)41-39-56(63)66-46-33-29-21-23-31-43-60(45-52-65-54-55(62)53-61)44-32-24-22-30-34-47-67-57(64)40-42-59(70-50-37-27-19-15-11-7-3)71-51-38-28-20-16-12-8-4/h9-16,55,58-59,61-62H,5-8,17-54H2,1-4H3/b13-9-,14-10-,15-11-,16-12-. The Kier molecular flexibility index (Phi) is 54.9. The molecule has 1 atom stereocenters. The molecule has 0 amide bonds. The quantitative estimate of drug-likeness (QED) is 0.0259. The first-order chi connectivity index (χ1) is 34.9. The van der Waals surface area contributed by atoms with Gasteiger partial charge in [-0.1, -0.05) is 115 Å². The zero-order valence-corrected chi connectivity index (χ0v) is 46.1. The van der Waals surface area contributed by atoms with Crippen LogP contribution in [0.3, 0.4) is 0 Å². The Morgan fingerprint density at radius 1 is 0.423 bits per heavy atom. The summed E-state index contributed by atoms with van der Waals surface area (Å²) in [6, 6.07) is 0. The molecule has 71 heavy (non-hydrogen) atoms. The number of hydrogen-bond donors (Lipinski definition) is 2. The number of esters is 2. The minimum absolute atomic E-state index is 0.132. The maximum Gasteiger partial charge on any atom is 0.305 e. The van der Waals surface area contributed by atoms with E-state index in [4.69, 9.17) is 38.3 Å². The third-order valence-corrected chi connectivity index (χ3v) is 11.9. The van der Waals surface area contributed by atoms with Crippen LogP contribution in [0.4, 0.5) is 0 Å². The molecule has 0 fully saturated rings. The van der Waals surface area contributed by atoms with Crippen molar-refractivity contribution in [1.82, 2.24) is 4.90 Å². The predicted molar refractivity (Wildman–Crippen MR) is 291 cm³/mol. The monoisotopic (exact) mass is 1010 g/mol. The lowest BCUT2D eigenvalue weighted by Gasteiger charge is -2.22. The number of allylic oxidation sites excluding steroid dienone is 8. The van der Waals surface area contributed by atoms with Gasteiger partial charge in [0.15, 0.2) is 12.6 Å². The molecular formula is C59H109NO11. The molecule has 0 aliphatic carbocycles. The highest BCUT2D eigenvalue weighted by molar-refractivity contribution is 5.69. The molecule has 0 radical (unpaired) electrons. The summed E-state index contributed by atoms with van der Waals surface area (Å²) in [5.41, 5.74) is 0. The number of carbonyl (C=O) groups is 2. The zero-order chi connectivity index (χ0) is 51.8. The number of nitrogens with zero attached hydrogens (tertiary/aromatic N) is 1. The van der Waals surface area contributed by atoms with E-state index in [0.717, 1.165) is 187 Å². The minimum atomic E-state index is -0.853. The highest BCUT2D eigenvalue weighted by atomic mass is 16.7. The average molecular weight is 1010 g/mol. The maximum absolute atomic E-state index is 12.6.